The van der Waals surface area contributed by atoms with Crippen molar-refractivity contribution in [2.24, 2.45) is 11.8 Å². The van der Waals surface area contributed by atoms with Crippen LogP contribution in [-0.2, 0) is 0 Å². The molecule has 0 spiro atoms. The molecule has 0 amide bonds. The highest BCUT2D eigenvalue weighted by molar-refractivity contribution is 6.32. The molecule has 2 atom stereocenters. The molecule has 2 fully saturated rings. The number of nitrogens with zero attached hydrogens (tertiary/aromatic N) is 1. The highest BCUT2D eigenvalue weighted by atomic mass is 35.5. The van der Waals surface area contributed by atoms with Crippen molar-refractivity contribution in [2.45, 2.75) is 18.8 Å². The zero-order valence-corrected chi connectivity index (χ0v) is 8.78. The maximum absolute atomic E-state index is 10.7. The number of nitro groups is 1. The Bertz CT molecular complexity index is 436. The summed E-state index contributed by atoms with van der Waals surface area (Å²) in [6.45, 7) is 0. The summed E-state index contributed by atoms with van der Waals surface area (Å²) in [5, 5.41) is 10.9. The zero-order valence-electron chi connectivity index (χ0n) is 8.02. The monoisotopic (exact) mass is 223 g/mol. The molecule has 0 heterocycles. The summed E-state index contributed by atoms with van der Waals surface area (Å²) in [7, 11) is 0. The predicted octanol–water partition coefficient (Wildman–Crippen LogP) is 3.37. The summed E-state index contributed by atoms with van der Waals surface area (Å²) >= 11 is 5.76. The van der Waals surface area contributed by atoms with E-state index in [0.29, 0.717) is 5.92 Å². The SMILES string of the molecule is O=[N+]([O-])c1cc(C2C3CCC32)ccc1Cl. The van der Waals surface area contributed by atoms with Crippen LogP contribution in [-0.4, -0.2) is 4.92 Å². The van der Waals surface area contributed by atoms with E-state index >= 15 is 0 Å². The lowest BCUT2D eigenvalue weighted by Gasteiger charge is -2.04. The maximum atomic E-state index is 10.7. The molecule has 4 heteroatoms. The molecular formula is C11H10ClNO2. The minimum atomic E-state index is -0.407. The molecule has 2 aliphatic carbocycles. The molecule has 0 radical (unpaired) electrons. The van der Waals surface area contributed by atoms with E-state index < -0.39 is 4.92 Å². The molecule has 0 saturated heterocycles. The van der Waals surface area contributed by atoms with E-state index in [1.165, 1.54) is 12.8 Å². The van der Waals surface area contributed by atoms with Crippen LogP contribution in [0.5, 0.6) is 0 Å². The van der Waals surface area contributed by atoms with Gasteiger partial charge in [-0.05, 0) is 42.2 Å². The third-order valence-corrected chi connectivity index (χ3v) is 4.04. The number of fused-ring (bicyclic) bond motifs is 1. The smallest absolute Gasteiger partial charge is 0.258 e. The van der Waals surface area contributed by atoms with Crippen LogP contribution >= 0.6 is 11.6 Å². The molecule has 1 aromatic carbocycles. The number of nitro benzene ring substituents is 1. The predicted molar refractivity (Wildman–Crippen MR) is 57.1 cm³/mol. The van der Waals surface area contributed by atoms with Crippen LogP contribution in [0.4, 0.5) is 5.69 Å². The Hall–Kier alpha value is -1.09. The van der Waals surface area contributed by atoms with Crippen LogP contribution in [0.15, 0.2) is 18.2 Å². The van der Waals surface area contributed by atoms with E-state index in [1.807, 2.05) is 6.07 Å². The Balaban J connectivity index is 1.96. The third-order valence-electron chi connectivity index (χ3n) is 3.72. The van der Waals surface area contributed by atoms with Crippen molar-refractivity contribution in [1.29, 1.82) is 0 Å². The summed E-state index contributed by atoms with van der Waals surface area (Å²) in [5.41, 5.74) is 1.14. The fourth-order valence-corrected chi connectivity index (χ4v) is 2.91. The second kappa shape index (κ2) is 2.95. The summed E-state index contributed by atoms with van der Waals surface area (Å²) in [4.78, 5) is 10.3. The van der Waals surface area contributed by atoms with Gasteiger partial charge in [0.05, 0.1) is 4.92 Å². The van der Waals surface area contributed by atoms with Crippen molar-refractivity contribution in [3.63, 3.8) is 0 Å². The maximum Gasteiger partial charge on any atom is 0.288 e. The first-order chi connectivity index (χ1) is 7.18. The normalized spacial score (nSPS) is 31.7. The Morgan fingerprint density at radius 1 is 1.33 bits per heavy atom. The summed E-state index contributed by atoms with van der Waals surface area (Å²) in [5.74, 6) is 2.16. The van der Waals surface area contributed by atoms with Gasteiger partial charge in [0, 0.05) is 6.07 Å². The number of hydrogen-bond acceptors (Lipinski definition) is 2. The van der Waals surface area contributed by atoms with E-state index in [9.17, 15) is 10.1 Å². The molecule has 3 nitrogen and oxygen atoms in total. The highest BCUT2D eigenvalue weighted by Crippen LogP contribution is 2.66. The lowest BCUT2D eigenvalue weighted by atomic mass is 10.0. The van der Waals surface area contributed by atoms with E-state index in [-0.39, 0.29) is 10.7 Å². The van der Waals surface area contributed by atoms with E-state index in [4.69, 9.17) is 11.6 Å². The molecule has 15 heavy (non-hydrogen) atoms. The molecule has 78 valence electrons. The van der Waals surface area contributed by atoms with Crippen LogP contribution in [0.2, 0.25) is 5.02 Å². The summed E-state index contributed by atoms with van der Waals surface area (Å²) in [6.07, 6.45) is 2.57. The molecular weight excluding hydrogens is 214 g/mol. The topological polar surface area (TPSA) is 43.1 Å². The highest BCUT2D eigenvalue weighted by Gasteiger charge is 2.56. The van der Waals surface area contributed by atoms with Crippen LogP contribution < -0.4 is 0 Å². The fourth-order valence-electron chi connectivity index (χ4n) is 2.73. The van der Waals surface area contributed by atoms with Gasteiger partial charge < -0.3 is 0 Å². The number of halogens is 1. The van der Waals surface area contributed by atoms with Gasteiger partial charge in [-0.15, -0.1) is 0 Å². The molecule has 0 aromatic heterocycles. The van der Waals surface area contributed by atoms with Gasteiger partial charge in [-0.3, -0.25) is 10.1 Å². The number of benzene rings is 1. The van der Waals surface area contributed by atoms with Gasteiger partial charge in [-0.25, -0.2) is 0 Å². The van der Waals surface area contributed by atoms with Crippen molar-refractivity contribution < 1.29 is 4.92 Å². The van der Waals surface area contributed by atoms with Gasteiger partial charge in [-0.2, -0.15) is 0 Å². The summed E-state index contributed by atoms with van der Waals surface area (Å²) < 4.78 is 0. The van der Waals surface area contributed by atoms with Crippen LogP contribution in [0, 0.1) is 22.0 Å². The second-order valence-electron chi connectivity index (χ2n) is 4.40. The molecule has 2 aliphatic rings. The van der Waals surface area contributed by atoms with Crippen molar-refractivity contribution in [3.8, 4) is 0 Å². The Morgan fingerprint density at radius 2 is 2.00 bits per heavy atom. The van der Waals surface area contributed by atoms with E-state index in [0.717, 1.165) is 17.4 Å². The van der Waals surface area contributed by atoms with Crippen molar-refractivity contribution in [2.75, 3.05) is 0 Å². The first-order valence-corrected chi connectivity index (χ1v) is 5.50. The molecule has 2 unspecified atom stereocenters. The van der Waals surface area contributed by atoms with Crippen LogP contribution in [0.3, 0.4) is 0 Å². The number of rotatable bonds is 2. The van der Waals surface area contributed by atoms with Gasteiger partial charge in [-0.1, -0.05) is 17.7 Å². The Morgan fingerprint density at radius 3 is 2.53 bits per heavy atom. The Kier molecular flexibility index (Phi) is 1.80. The van der Waals surface area contributed by atoms with Gasteiger partial charge in [0.2, 0.25) is 0 Å². The zero-order chi connectivity index (χ0) is 10.6. The molecule has 0 N–H and O–H groups in total. The first-order valence-electron chi connectivity index (χ1n) is 5.12. The quantitative estimate of drug-likeness (QED) is 0.570. The minimum Gasteiger partial charge on any atom is -0.258 e. The van der Waals surface area contributed by atoms with Gasteiger partial charge >= 0.3 is 0 Å². The van der Waals surface area contributed by atoms with Crippen LogP contribution in [0.1, 0.15) is 24.3 Å². The molecule has 1 aromatic rings. The average Bonchev–Trinajstić information content (AvgIpc) is 2.67. The molecule has 0 bridgehead atoms. The average molecular weight is 224 g/mol. The minimum absolute atomic E-state index is 0.0421. The first kappa shape index (κ1) is 9.16. The number of hydrogen-bond donors (Lipinski definition) is 0. The lowest BCUT2D eigenvalue weighted by Crippen LogP contribution is -1.93. The van der Waals surface area contributed by atoms with Crippen molar-refractivity contribution in [1.82, 2.24) is 0 Å². The third kappa shape index (κ3) is 1.26. The van der Waals surface area contributed by atoms with E-state index in [2.05, 4.69) is 0 Å². The standard InChI is InChI=1S/C11H10ClNO2/c12-9-4-1-6(5-10(9)13(14)15)11-7-2-3-8(7)11/h1,4-5,7-8,11H,2-3H2. The Labute approximate surface area is 92.2 Å². The van der Waals surface area contributed by atoms with Crippen molar-refractivity contribution in [3.05, 3.63) is 38.9 Å². The van der Waals surface area contributed by atoms with E-state index in [1.54, 1.807) is 12.1 Å². The molecule has 3 rings (SSSR count). The fraction of sp³-hybridized carbons (Fsp3) is 0.455. The van der Waals surface area contributed by atoms with Gasteiger partial charge in [0.15, 0.2) is 0 Å². The molecule has 0 aliphatic heterocycles. The second-order valence-corrected chi connectivity index (χ2v) is 4.81. The summed E-state index contributed by atoms with van der Waals surface area (Å²) in [6, 6.07) is 5.22. The lowest BCUT2D eigenvalue weighted by molar-refractivity contribution is -0.384. The van der Waals surface area contributed by atoms with Gasteiger partial charge in [0.1, 0.15) is 5.02 Å². The van der Waals surface area contributed by atoms with Crippen LogP contribution in [0.25, 0.3) is 0 Å². The largest absolute Gasteiger partial charge is 0.288 e. The molecule has 2 saturated carbocycles. The van der Waals surface area contributed by atoms with Gasteiger partial charge in [0.25, 0.3) is 5.69 Å². The van der Waals surface area contributed by atoms with Crippen molar-refractivity contribution >= 4 is 17.3 Å².